The summed E-state index contributed by atoms with van der Waals surface area (Å²) in [6.45, 7) is 0.527. The first-order valence-corrected chi connectivity index (χ1v) is 8.16. The van der Waals surface area contributed by atoms with Crippen LogP contribution in [0.4, 0.5) is 0 Å². The van der Waals surface area contributed by atoms with Crippen LogP contribution in [0.15, 0.2) is 24.3 Å². The molecule has 0 aliphatic heterocycles. The van der Waals surface area contributed by atoms with Gasteiger partial charge in [0.25, 0.3) is 0 Å². The highest BCUT2D eigenvalue weighted by molar-refractivity contribution is 5.31. The van der Waals surface area contributed by atoms with Crippen LogP contribution in [0.25, 0.3) is 0 Å². The molecule has 20 heavy (non-hydrogen) atoms. The molecule has 0 amide bonds. The van der Waals surface area contributed by atoms with E-state index in [0.717, 1.165) is 28.9 Å². The van der Waals surface area contributed by atoms with E-state index in [1.54, 1.807) is 0 Å². The number of benzene rings is 1. The first kappa shape index (κ1) is 12.8. The van der Waals surface area contributed by atoms with Gasteiger partial charge >= 0.3 is 0 Å². The summed E-state index contributed by atoms with van der Waals surface area (Å²) in [5, 5.41) is 11.1. The Morgan fingerprint density at radius 3 is 2.15 bits per heavy atom. The molecule has 1 atom stereocenters. The molecule has 2 heteroatoms. The second kappa shape index (κ2) is 4.57. The molecule has 4 fully saturated rings. The number of hydrogen-bond donors (Lipinski definition) is 2. The van der Waals surface area contributed by atoms with Gasteiger partial charge < -0.3 is 10.8 Å². The fraction of sp³-hybridized carbons (Fsp3) is 0.667. The zero-order chi connectivity index (χ0) is 13.7. The molecule has 0 aromatic heterocycles. The fourth-order valence-electron chi connectivity index (χ4n) is 5.83. The minimum Gasteiger partial charge on any atom is -0.388 e. The number of rotatable bonds is 3. The van der Waals surface area contributed by atoms with Gasteiger partial charge in [-0.15, -0.1) is 0 Å². The third-order valence-electron chi connectivity index (χ3n) is 6.24. The van der Waals surface area contributed by atoms with Crippen molar-refractivity contribution in [2.24, 2.45) is 28.9 Å². The van der Waals surface area contributed by atoms with Crippen LogP contribution in [0.1, 0.15) is 55.8 Å². The van der Waals surface area contributed by atoms with Gasteiger partial charge in [0.15, 0.2) is 0 Å². The van der Waals surface area contributed by atoms with E-state index in [9.17, 15) is 5.11 Å². The normalized spacial score (nSPS) is 40.0. The first-order valence-electron chi connectivity index (χ1n) is 8.16. The lowest BCUT2D eigenvalue weighted by molar-refractivity contribution is -0.122. The van der Waals surface area contributed by atoms with Crippen molar-refractivity contribution in [3.63, 3.8) is 0 Å². The van der Waals surface area contributed by atoms with E-state index in [0.29, 0.717) is 6.54 Å². The SMILES string of the molecule is NCc1ccccc1C(O)C12CC3CC(CC(C3)C1)C2. The Kier molecular flexibility index (Phi) is 2.94. The highest BCUT2D eigenvalue weighted by atomic mass is 16.3. The lowest BCUT2D eigenvalue weighted by Crippen LogP contribution is -2.49. The van der Waals surface area contributed by atoms with Crippen LogP contribution in [0.3, 0.4) is 0 Å². The predicted octanol–water partition coefficient (Wildman–Crippen LogP) is 3.40. The third kappa shape index (κ3) is 1.85. The van der Waals surface area contributed by atoms with Gasteiger partial charge in [-0.25, -0.2) is 0 Å². The Balaban J connectivity index is 1.69. The highest BCUT2D eigenvalue weighted by Gasteiger charge is 2.54. The van der Waals surface area contributed by atoms with Gasteiger partial charge in [0.2, 0.25) is 0 Å². The van der Waals surface area contributed by atoms with Gasteiger partial charge in [-0.05, 0) is 67.4 Å². The van der Waals surface area contributed by atoms with Gasteiger partial charge in [-0.3, -0.25) is 0 Å². The molecule has 4 aliphatic rings. The van der Waals surface area contributed by atoms with E-state index in [4.69, 9.17) is 5.73 Å². The largest absolute Gasteiger partial charge is 0.388 e. The van der Waals surface area contributed by atoms with Crippen molar-refractivity contribution in [1.82, 2.24) is 0 Å². The van der Waals surface area contributed by atoms with Crippen molar-refractivity contribution in [3.8, 4) is 0 Å². The molecule has 4 aliphatic carbocycles. The van der Waals surface area contributed by atoms with E-state index in [-0.39, 0.29) is 11.5 Å². The van der Waals surface area contributed by atoms with Crippen LogP contribution in [-0.2, 0) is 6.54 Å². The second-order valence-electron chi connectivity index (χ2n) is 7.59. The quantitative estimate of drug-likeness (QED) is 0.885. The predicted molar refractivity (Wildman–Crippen MR) is 79.9 cm³/mol. The average molecular weight is 271 g/mol. The van der Waals surface area contributed by atoms with Gasteiger partial charge in [0, 0.05) is 12.0 Å². The van der Waals surface area contributed by atoms with E-state index in [1.165, 1.54) is 38.5 Å². The van der Waals surface area contributed by atoms with Crippen molar-refractivity contribution in [3.05, 3.63) is 35.4 Å². The molecule has 0 radical (unpaired) electrons. The molecule has 1 unspecified atom stereocenters. The molecule has 5 rings (SSSR count). The molecule has 4 saturated carbocycles. The van der Waals surface area contributed by atoms with E-state index in [1.807, 2.05) is 12.1 Å². The number of aliphatic hydroxyl groups is 1. The lowest BCUT2D eigenvalue weighted by atomic mass is 9.47. The maximum Gasteiger partial charge on any atom is 0.0849 e. The number of nitrogens with two attached hydrogens (primary N) is 1. The van der Waals surface area contributed by atoms with E-state index < -0.39 is 0 Å². The van der Waals surface area contributed by atoms with Crippen LogP contribution < -0.4 is 5.73 Å². The average Bonchev–Trinajstić information content (AvgIpc) is 2.45. The first-order chi connectivity index (χ1) is 9.70. The molecule has 0 heterocycles. The summed E-state index contributed by atoms with van der Waals surface area (Å²) in [6.07, 6.45) is 7.66. The molecule has 108 valence electrons. The maximum atomic E-state index is 11.1. The summed E-state index contributed by atoms with van der Waals surface area (Å²) < 4.78 is 0. The van der Waals surface area contributed by atoms with Crippen LogP contribution in [0.2, 0.25) is 0 Å². The number of hydrogen-bond acceptors (Lipinski definition) is 2. The van der Waals surface area contributed by atoms with Crippen molar-refractivity contribution >= 4 is 0 Å². The molecule has 0 spiro atoms. The Morgan fingerprint density at radius 1 is 1.05 bits per heavy atom. The van der Waals surface area contributed by atoms with Crippen LogP contribution >= 0.6 is 0 Å². The van der Waals surface area contributed by atoms with Gasteiger partial charge in [-0.2, -0.15) is 0 Å². The van der Waals surface area contributed by atoms with E-state index >= 15 is 0 Å². The van der Waals surface area contributed by atoms with Crippen molar-refractivity contribution < 1.29 is 5.11 Å². The lowest BCUT2D eigenvalue weighted by Gasteiger charge is -2.58. The summed E-state index contributed by atoms with van der Waals surface area (Å²) >= 11 is 0. The van der Waals surface area contributed by atoms with Crippen molar-refractivity contribution in [1.29, 1.82) is 0 Å². The van der Waals surface area contributed by atoms with Crippen molar-refractivity contribution in [2.75, 3.05) is 0 Å². The Hall–Kier alpha value is -0.860. The maximum absolute atomic E-state index is 11.1. The van der Waals surface area contributed by atoms with E-state index in [2.05, 4.69) is 12.1 Å². The summed E-state index contributed by atoms with van der Waals surface area (Å²) in [4.78, 5) is 0. The standard InChI is InChI=1S/C18H25NO/c19-11-15-3-1-2-4-16(15)17(20)18-8-12-5-13(9-18)7-14(6-12)10-18/h1-4,12-14,17,20H,5-11,19H2. The van der Waals surface area contributed by atoms with Gasteiger partial charge in [-0.1, -0.05) is 24.3 Å². The van der Waals surface area contributed by atoms with Gasteiger partial charge in [0.05, 0.1) is 6.10 Å². The molecule has 1 aromatic rings. The van der Waals surface area contributed by atoms with Crippen molar-refractivity contribution in [2.45, 2.75) is 51.2 Å². The monoisotopic (exact) mass is 271 g/mol. The third-order valence-corrected chi connectivity index (χ3v) is 6.24. The summed E-state index contributed by atoms with van der Waals surface area (Å²) in [6, 6.07) is 8.22. The second-order valence-corrected chi connectivity index (χ2v) is 7.59. The van der Waals surface area contributed by atoms with Crippen LogP contribution in [-0.4, -0.2) is 5.11 Å². The molecule has 3 N–H and O–H groups in total. The van der Waals surface area contributed by atoms with Gasteiger partial charge in [0.1, 0.15) is 0 Å². The minimum atomic E-state index is -0.310. The van der Waals surface area contributed by atoms with Crippen LogP contribution in [0, 0.1) is 23.2 Å². The van der Waals surface area contributed by atoms with Crippen LogP contribution in [0.5, 0.6) is 0 Å². The number of aliphatic hydroxyl groups excluding tert-OH is 1. The highest BCUT2D eigenvalue weighted by Crippen LogP contribution is 2.64. The summed E-state index contributed by atoms with van der Waals surface area (Å²) in [5.74, 6) is 2.63. The molecule has 4 bridgehead atoms. The Morgan fingerprint density at radius 2 is 1.60 bits per heavy atom. The zero-order valence-corrected chi connectivity index (χ0v) is 12.1. The fourth-order valence-corrected chi connectivity index (χ4v) is 5.83. The Bertz CT molecular complexity index is 475. The molecule has 0 saturated heterocycles. The summed E-state index contributed by atoms with van der Waals surface area (Å²) in [5.41, 5.74) is 8.24. The Labute approximate surface area is 121 Å². The zero-order valence-electron chi connectivity index (χ0n) is 12.1. The molecular weight excluding hydrogens is 246 g/mol. The topological polar surface area (TPSA) is 46.2 Å². The smallest absolute Gasteiger partial charge is 0.0849 e. The molecule has 2 nitrogen and oxygen atoms in total. The minimum absolute atomic E-state index is 0.153. The molecular formula is C18H25NO. The summed E-state index contributed by atoms with van der Waals surface area (Å²) in [7, 11) is 0. The molecule has 1 aromatic carbocycles.